The van der Waals surface area contributed by atoms with E-state index in [9.17, 15) is 9.59 Å². The summed E-state index contributed by atoms with van der Waals surface area (Å²) in [6, 6.07) is 67.7. The average Bonchev–Trinajstić information content (AvgIpc) is 0.701. The monoisotopic (exact) mass is 1550 g/mol. The second-order valence-electron chi connectivity index (χ2n) is 27.4. The summed E-state index contributed by atoms with van der Waals surface area (Å²) in [4.78, 5) is 25.6. The minimum absolute atomic E-state index is 0.239. The number of hydrogen-bond donors (Lipinski definition) is 0. The van der Waals surface area contributed by atoms with Crippen molar-refractivity contribution < 1.29 is 85.4 Å². The number of fused-ring (bicyclic) bond motifs is 8. The van der Waals surface area contributed by atoms with E-state index < -0.39 is 11.9 Å². The van der Waals surface area contributed by atoms with Crippen LogP contribution < -0.4 is 75.8 Å². The van der Waals surface area contributed by atoms with Crippen LogP contribution in [0.2, 0.25) is 0 Å². The third-order valence-corrected chi connectivity index (χ3v) is 21.8. The van der Waals surface area contributed by atoms with Gasteiger partial charge in [0.25, 0.3) is 0 Å². The molecule has 16 aromatic rings. The van der Waals surface area contributed by atoms with Crippen LogP contribution in [0.1, 0.15) is 13.8 Å². The van der Waals surface area contributed by atoms with E-state index in [4.69, 9.17) is 75.8 Å². The fourth-order valence-electron chi connectivity index (χ4n) is 17.6. The van der Waals surface area contributed by atoms with Crippen LogP contribution in [-0.2, 0) is 9.59 Å². The lowest BCUT2D eigenvalue weighted by Gasteiger charge is -2.28. The molecule has 0 aliphatic heterocycles. The van der Waals surface area contributed by atoms with Crippen molar-refractivity contribution >= 4 is 98.1 Å². The molecule has 0 aromatic heterocycles. The normalized spacial score (nSPS) is 11.3. The quantitative estimate of drug-likeness (QED) is 0.0435. The van der Waals surface area contributed by atoms with Crippen LogP contribution in [0.5, 0.6) is 92.0 Å². The topological polar surface area (TPSA) is 182 Å². The van der Waals surface area contributed by atoms with Gasteiger partial charge in [-0.1, -0.05) is 194 Å². The molecular formula is C98H82O18. The van der Waals surface area contributed by atoms with Crippen molar-refractivity contribution in [2.24, 2.45) is 0 Å². The van der Waals surface area contributed by atoms with Crippen LogP contribution in [0.15, 0.2) is 206 Å². The van der Waals surface area contributed by atoms with Crippen molar-refractivity contribution in [3.05, 3.63) is 206 Å². The Kier molecular flexibility index (Phi) is 20.3. The van der Waals surface area contributed by atoms with Crippen molar-refractivity contribution in [3.63, 3.8) is 0 Å². The summed E-state index contributed by atoms with van der Waals surface area (Å²) >= 11 is 0. The Morgan fingerprint density at radius 3 is 0.422 bits per heavy atom. The Bertz CT molecular complexity index is 6340. The Labute approximate surface area is 669 Å². The number of esters is 2. The Hall–Kier alpha value is -14.3. The third kappa shape index (κ3) is 11.6. The van der Waals surface area contributed by atoms with Crippen molar-refractivity contribution in [3.8, 4) is 170 Å². The highest BCUT2D eigenvalue weighted by molar-refractivity contribution is 6.28. The van der Waals surface area contributed by atoms with E-state index in [1.807, 2.05) is 146 Å². The number of benzene rings is 16. The van der Waals surface area contributed by atoms with Gasteiger partial charge in [0.05, 0.1) is 99.5 Å². The maximum atomic E-state index is 12.8. The van der Waals surface area contributed by atoms with E-state index in [2.05, 4.69) is 48.5 Å². The molecule has 0 unspecified atom stereocenters. The minimum Gasteiger partial charge on any atom is -0.492 e. The lowest BCUT2D eigenvalue weighted by molar-refractivity contribution is -0.132. The van der Waals surface area contributed by atoms with Gasteiger partial charge in [0.1, 0.15) is 0 Å². The molecular weight excluding hydrogens is 1470 g/mol. The third-order valence-electron chi connectivity index (χ3n) is 21.8. The van der Waals surface area contributed by atoms with Crippen LogP contribution in [0.3, 0.4) is 0 Å². The predicted molar refractivity (Wildman–Crippen MR) is 459 cm³/mol. The molecule has 16 aromatic carbocycles. The molecule has 0 fully saturated rings. The highest BCUT2D eigenvalue weighted by Crippen LogP contribution is 2.67. The van der Waals surface area contributed by atoms with Crippen LogP contribution in [0.4, 0.5) is 0 Å². The molecule has 0 N–H and O–H groups in total. The highest BCUT2D eigenvalue weighted by Gasteiger charge is 2.39. The molecule has 16 rings (SSSR count). The average molecular weight is 1550 g/mol. The fourth-order valence-corrected chi connectivity index (χ4v) is 17.6. The van der Waals surface area contributed by atoms with Gasteiger partial charge in [0.2, 0.25) is 0 Å². The summed E-state index contributed by atoms with van der Waals surface area (Å²) in [5, 5.41) is 12.3. The molecule has 582 valence electrons. The summed E-state index contributed by atoms with van der Waals surface area (Å²) in [7, 11) is 22.6. The van der Waals surface area contributed by atoms with Gasteiger partial charge in [-0.3, -0.25) is 9.59 Å². The fraction of sp³-hybridized carbons (Fsp3) is 0.163. The number of carbonyl (C=O) groups is 2. The Morgan fingerprint density at radius 2 is 0.293 bits per heavy atom. The maximum Gasteiger partial charge on any atom is 0.308 e. The zero-order valence-electron chi connectivity index (χ0n) is 67.0. The number of hydrogen-bond acceptors (Lipinski definition) is 18. The van der Waals surface area contributed by atoms with Gasteiger partial charge in [0.15, 0.2) is 92.0 Å². The largest absolute Gasteiger partial charge is 0.492 e. The Morgan fingerprint density at radius 1 is 0.172 bits per heavy atom. The smallest absolute Gasteiger partial charge is 0.308 e. The van der Waals surface area contributed by atoms with Gasteiger partial charge in [0, 0.05) is 91.7 Å². The maximum absolute atomic E-state index is 12.8. The molecule has 18 heteroatoms. The second kappa shape index (κ2) is 31.0. The van der Waals surface area contributed by atoms with E-state index in [0.717, 1.165) is 86.2 Å². The molecule has 0 spiro atoms. The molecule has 18 nitrogen and oxygen atoms in total. The molecule has 0 saturated carbocycles. The molecule has 0 amide bonds. The molecule has 0 bridgehead atoms. The van der Waals surface area contributed by atoms with Gasteiger partial charge in [-0.05, 0) is 98.3 Å². The van der Waals surface area contributed by atoms with Gasteiger partial charge < -0.3 is 75.8 Å². The number of methoxy groups -OCH3 is 14. The van der Waals surface area contributed by atoms with E-state index in [1.165, 1.54) is 13.8 Å². The summed E-state index contributed by atoms with van der Waals surface area (Å²) < 4.78 is 106. The lowest BCUT2D eigenvalue weighted by atomic mass is 9.81. The van der Waals surface area contributed by atoms with Crippen LogP contribution in [0.25, 0.3) is 164 Å². The summed E-state index contributed by atoms with van der Waals surface area (Å²) in [6.07, 6.45) is 0. The lowest BCUT2D eigenvalue weighted by Crippen LogP contribution is -2.06. The predicted octanol–water partition coefficient (Wildman–Crippen LogP) is 22.6. The van der Waals surface area contributed by atoms with E-state index in [0.29, 0.717) is 158 Å². The molecule has 0 aliphatic carbocycles. The molecule has 0 radical (unpaired) electrons. The van der Waals surface area contributed by atoms with Gasteiger partial charge >= 0.3 is 11.9 Å². The SMILES string of the molecule is COc1c(OC(C)=O)cc2ccccc2c1-c1c(OC)c(OC)c(-c2c(OC)c(OC)c(-c3c(OC)c(OC)c(-c4c(OC)c(OC)c(-c5c(OC)c(OC)c(-c6c(OC)c(OC)c(-c7c(OC)c(OC(C)=O)cc8ccccc78)c7ccccc67)c6ccccc56)c5ccccc45)c4ccccc34)c3ccccc23)c2ccccc12. The number of ether oxygens (including phenoxy) is 16. The van der Waals surface area contributed by atoms with Gasteiger partial charge in [-0.25, -0.2) is 0 Å². The molecule has 0 saturated heterocycles. The van der Waals surface area contributed by atoms with Crippen molar-refractivity contribution in [2.75, 3.05) is 99.5 Å². The first-order chi connectivity index (χ1) is 56.7. The number of rotatable bonds is 23. The first-order valence-corrected chi connectivity index (χ1v) is 37.3. The van der Waals surface area contributed by atoms with E-state index >= 15 is 0 Å². The minimum atomic E-state index is -0.510. The summed E-state index contributed by atoms with van der Waals surface area (Å²) in [5.74, 6) is 4.54. The van der Waals surface area contributed by atoms with Crippen molar-refractivity contribution in [1.82, 2.24) is 0 Å². The van der Waals surface area contributed by atoms with E-state index in [-0.39, 0.29) is 11.5 Å². The van der Waals surface area contributed by atoms with Crippen molar-refractivity contribution in [2.45, 2.75) is 13.8 Å². The zero-order valence-corrected chi connectivity index (χ0v) is 67.0. The van der Waals surface area contributed by atoms with Crippen LogP contribution >= 0.6 is 0 Å². The first kappa shape index (κ1) is 75.8. The molecule has 116 heavy (non-hydrogen) atoms. The summed E-state index contributed by atoms with van der Waals surface area (Å²) in [6.45, 7) is 2.72. The van der Waals surface area contributed by atoms with Gasteiger partial charge in [-0.2, -0.15) is 0 Å². The zero-order chi connectivity index (χ0) is 81.1. The van der Waals surface area contributed by atoms with Gasteiger partial charge in [-0.15, -0.1) is 0 Å². The molecule has 0 atom stereocenters. The Balaban J connectivity index is 0.954. The van der Waals surface area contributed by atoms with Crippen LogP contribution in [0, 0.1) is 0 Å². The molecule has 0 heterocycles. The standard InChI is InChI=1S/C98H82O18/c1-51(99)115-69-49-53-33-17-19-35-55(53)71(85(69)101-3)73-57-37-21-23-39-59(57)75(89(105-7)87(73)103-5)77-61-41-25-27-43-63(61)79(93(109-11)91(77)107-9)81-65-45-29-31-47-67(65)83(97(113-15)95(81)111-13)84-68-48-32-30-46-66(68)82(96(112-14)98(84)114-16)80-64-44-28-26-42-62(64)78(92(108-10)94(80)110-12)76-60-40-24-22-38-58(60)74(88(104-6)90(76)106-8)72-56-36-20-18-34-54(56)50-70(86(72)102-4)116-52(2)100/h17-50H,1-16H3. The first-order valence-electron chi connectivity index (χ1n) is 37.3. The highest BCUT2D eigenvalue weighted by atomic mass is 16.6. The second-order valence-corrected chi connectivity index (χ2v) is 27.4. The summed E-state index contributed by atoms with van der Waals surface area (Å²) in [5.41, 5.74) is 8.86. The van der Waals surface area contributed by atoms with Crippen molar-refractivity contribution in [1.29, 1.82) is 0 Å². The van der Waals surface area contributed by atoms with Crippen LogP contribution in [-0.4, -0.2) is 111 Å². The number of carbonyl (C=O) groups excluding carboxylic acids is 2. The van der Waals surface area contributed by atoms with E-state index in [1.54, 1.807) is 112 Å². The molecule has 0 aliphatic rings.